The fourth-order valence-electron chi connectivity index (χ4n) is 2.31. The summed E-state index contributed by atoms with van der Waals surface area (Å²) in [7, 11) is 0. The van der Waals surface area contributed by atoms with E-state index in [-0.39, 0.29) is 17.1 Å². The van der Waals surface area contributed by atoms with Crippen LogP contribution in [0.4, 0.5) is 0 Å². The molecule has 0 aliphatic heterocycles. The van der Waals surface area contributed by atoms with E-state index in [1.165, 1.54) is 6.92 Å². The first kappa shape index (κ1) is 14.8. The van der Waals surface area contributed by atoms with E-state index in [1.807, 2.05) is 6.07 Å². The number of aliphatic carboxylic acids is 1. The molecular weight excluding hydrogens is 292 g/mol. The number of hydrogen-bond acceptors (Lipinski definition) is 3. The quantitative estimate of drug-likeness (QED) is 0.580. The molecule has 0 saturated carbocycles. The molecule has 0 radical (unpaired) electrons. The van der Waals surface area contributed by atoms with E-state index in [1.54, 1.807) is 54.6 Å². The van der Waals surface area contributed by atoms with Crippen molar-refractivity contribution in [1.82, 2.24) is 0 Å². The molecule has 114 valence electrons. The third-order valence-electron chi connectivity index (χ3n) is 3.52. The Morgan fingerprint density at radius 3 is 2.48 bits per heavy atom. The predicted octanol–water partition coefficient (Wildman–Crippen LogP) is 4.15. The highest BCUT2D eigenvalue weighted by atomic mass is 16.4. The lowest BCUT2D eigenvalue weighted by atomic mass is 10.1. The van der Waals surface area contributed by atoms with Crippen molar-refractivity contribution < 1.29 is 19.1 Å². The van der Waals surface area contributed by atoms with Crippen LogP contribution in [0.5, 0.6) is 0 Å². The molecule has 23 heavy (non-hydrogen) atoms. The minimum atomic E-state index is -0.961. The molecule has 3 aromatic rings. The third-order valence-corrected chi connectivity index (χ3v) is 3.52. The van der Waals surface area contributed by atoms with Crippen LogP contribution in [-0.2, 0) is 4.79 Å². The molecule has 0 bridgehead atoms. The molecule has 2 aromatic carbocycles. The lowest BCUT2D eigenvalue weighted by Gasteiger charge is -1.96. The Labute approximate surface area is 132 Å². The summed E-state index contributed by atoms with van der Waals surface area (Å²) in [5.74, 6) is -0.875. The zero-order chi connectivity index (χ0) is 16.4. The molecule has 1 N–H and O–H groups in total. The zero-order valence-corrected chi connectivity index (χ0v) is 12.4. The van der Waals surface area contributed by atoms with E-state index in [2.05, 4.69) is 0 Å². The van der Waals surface area contributed by atoms with Crippen molar-refractivity contribution in [3.05, 3.63) is 77.1 Å². The summed E-state index contributed by atoms with van der Waals surface area (Å²) in [6.07, 6.45) is 1.58. The van der Waals surface area contributed by atoms with Crippen LogP contribution >= 0.6 is 0 Å². The van der Waals surface area contributed by atoms with Crippen LogP contribution in [0, 0.1) is 0 Å². The van der Waals surface area contributed by atoms with E-state index in [0.29, 0.717) is 11.1 Å². The summed E-state index contributed by atoms with van der Waals surface area (Å²) in [5, 5.41) is 9.69. The SMILES string of the molecule is C/C(=C\c1ccc2oc(C(=O)c3ccccc3)cc2c1)C(=O)O. The highest BCUT2D eigenvalue weighted by Gasteiger charge is 2.14. The molecule has 0 amide bonds. The highest BCUT2D eigenvalue weighted by molar-refractivity contribution is 6.09. The molecule has 4 heteroatoms. The third kappa shape index (κ3) is 3.06. The van der Waals surface area contributed by atoms with Gasteiger partial charge in [0.2, 0.25) is 5.78 Å². The highest BCUT2D eigenvalue weighted by Crippen LogP contribution is 2.23. The average Bonchev–Trinajstić information content (AvgIpc) is 2.98. The van der Waals surface area contributed by atoms with Gasteiger partial charge in [-0.05, 0) is 36.8 Å². The van der Waals surface area contributed by atoms with Gasteiger partial charge in [-0.3, -0.25) is 4.79 Å². The predicted molar refractivity (Wildman–Crippen MR) is 87.4 cm³/mol. The first-order valence-corrected chi connectivity index (χ1v) is 7.09. The minimum Gasteiger partial charge on any atom is -0.478 e. The van der Waals surface area contributed by atoms with E-state index in [4.69, 9.17) is 9.52 Å². The van der Waals surface area contributed by atoms with Crippen LogP contribution in [0.15, 0.2) is 64.6 Å². The fraction of sp³-hybridized carbons (Fsp3) is 0.0526. The number of carbonyl (C=O) groups excluding carboxylic acids is 1. The van der Waals surface area contributed by atoms with Crippen LogP contribution in [0.1, 0.15) is 28.6 Å². The van der Waals surface area contributed by atoms with Gasteiger partial charge in [0.1, 0.15) is 5.58 Å². The number of benzene rings is 2. The second-order valence-corrected chi connectivity index (χ2v) is 5.24. The van der Waals surface area contributed by atoms with Gasteiger partial charge in [0.15, 0.2) is 5.76 Å². The Morgan fingerprint density at radius 1 is 1.04 bits per heavy atom. The van der Waals surface area contributed by atoms with Crippen LogP contribution in [0.3, 0.4) is 0 Å². The van der Waals surface area contributed by atoms with Crippen LogP contribution in [0.25, 0.3) is 17.0 Å². The van der Waals surface area contributed by atoms with Gasteiger partial charge in [-0.25, -0.2) is 4.79 Å². The van der Waals surface area contributed by atoms with Crippen molar-refractivity contribution in [1.29, 1.82) is 0 Å². The number of fused-ring (bicyclic) bond motifs is 1. The zero-order valence-electron chi connectivity index (χ0n) is 12.4. The van der Waals surface area contributed by atoms with Gasteiger partial charge in [0.25, 0.3) is 0 Å². The molecule has 0 aliphatic carbocycles. The molecule has 3 rings (SSSR count). The number of furan rings is 1. The maximum Gasteiger partial charge on any atom is 0.331 e. The Balaban J connectivity index is 1.98. The number of carboxylic acid groups (broad SMARTS) is 1. The van der Waals surface area contributed by atoms with Crippen molar-refractivity contribution in [2.24, 2.45) is 0 Å². The molecule has 0 fully saturated rings. The topological polar surface area (TPSA) is 67.5 Å². The molecule has 1 heterocycles. The van der Waals surface area contributed by atoms with E-state index >= 15 is 0 Å². The van der Waals surface area contributed by atoms with E-state index < -0.39 is 5.97 Å². The van der Waals surface area contributed by atoms with E-state index in [9.17, 15) is 9.59 Å². The lowest BCUT2D eigenvalue weighted by Crippen LogP contribution is -1.98. The Hall–Kier alpha value is -3.14. The average molecular weight is 306 g/mol. The Morgan fingerprint density at radius 2 is 1.78 bits per heavy atom. The van der Waals surface area contributed by atoms with Crippen molar-refractivity contribution >= 4 is 28.8 Å². The summed E-state index contributed by atoms with van der Waals surface area (Å²) in [5.41, 5.74) is 2.15. The Kier molecular flexibility index (Phi) is 3.81. The summed E-state index contributed by atoms with van der Waals surface area (Å²) in [4.78, 5) is 23.3. The van der Waals surface area contributed by atoms with Crippen LogP contribution in [0.2, 0.25) is 0 Å². The minimum absolute atomic E-state index is 0.180. The number of ketones is 1. The molecule has 0 unspecified atom stereocenters. The second kappa shape index (κ2) is 5.93. The van der Waals surface area contributed by atoms with Gasteiger partial charge in [0, 0.05) is 16.5 Å². The summed E-state index contributed by atoms with van der Waals surface area (Å²) >= 11 is 0. The maximum atomic E-state index is 12.4. The second-order valence-electron chi connectivity index (χ2n) is 5.24. The smallest absolute Gasteiger partial charge is 0.331 e. The molecule has 1 aromatic heterocycles. The van der Waals surface area contributed by atoms with Gasteiger partial charge in [0.05, 0.1) is 0 Å². The van der Waals surface area contributed by atoms with Crippen molar-refractivity contribution in [3.63, 3.8) is 0 Å². The van der Waals surface area contributed by atoms with Gasteiger partial charge in [-0.15, -0.1) is 0 Å². The monoisotopic (exact) mass is 306 g/mol. The molecule has 0 atom stereocenters. The van der Waals surface area contributed by atoms with E-state index in [0.717, 1.165) is 10.9 Å². The number of rotatable bonds is 4. The largest absolute Gasteiger partial charge is 0.478 e. The normalized spacial score (nSPS) is 11.6. The van der Waals surface area contributed by atoms with Crippen LogP contribution in [-0.4, -0.2) is 16.9 Å². The lowest BCUT2D eigenvalue weighted by molar-refractivity contribution is -0.132. The maximum absolute atomic E-state index is 12.4. The van der Waals surface area contributed by atoms with Gasteiger partial charge < -0.3 is 9.52 Å². The first-order valence-electron chi connectivity index (χ1n) is 7.09. The molecule has 0 aliphatic rings. The van der Waals surface area contributed by atoms with Crippen LogP contribution < -0.4 is 0 Å². The first-order chi connectivity index (χ1) is 11.0. The van der Waals surface area contributed by atoms with Crippen molar-refractivity contribution in [3.8, 4) is 0 Å². The van der Waals surface area contributed by atoms with Crippen molar-refractivity contribution in [2.75, 3.05) is 0 Å². The molecule has 0 saturated heterocycles. The standard InChI is InChI=1S/C19H14O4/c1-12(19(21)22)9-13-7-8-16-15(10-13)11-17(23-16)18(20)14-5-3-2-4-6-14/h2-11H,1H3,(H,21,22)/b12-9+. The summed E-state index contributed by atoms with van der Waals surface area (Å²) in [6.45, 7) is 1.53. The summed E-state index contributed by atoms with van der Waals surface area (Å²) in [6, 6.07) is 15.9. The van der Waals surface area contributed by atoms with Gasteiger partial charge in [-0.1, -0.05) is 36.4 Å². The molecule has 4 nitrogen and oxygen atoms in total. The Bertz CT molecular complexity index is 917. The number of carbonyl (C=O) groups is 2. The van der Waals surface area contributed by atoms with Gasteiger partial charge >= 0.3 is 5.97 Å². The number of carboxylic acids is 1. The van der Waals surface area contributed by atoms with Gasteiger partial charge in [-0.2, -0.15) is 0 Å². The number of hydrogen-bond donors (Lipinski definition) is 1. The molecule has 0 spiro atoms. The molecular formula is C19H14O4. The van der Waals surface area contributed by atoms with Crippen molar-refractivity contribution in [2.45, 2.75) is 6.92 Å². The fourth-order valence-corrected chi connectivity index (χ4v) is 2.31. The summed E-state index contributed by atoms with van der Waals surface area (Å²) < 4.78 is 5.61.